The third-order valence-corrected chi connectivity index (χ3v) is 4.80. The fourth-order valence-corrected chi connectivity index (χ4v) is 3.76. The summed E-state index contributed by atoms with van der Waals surface area (Å²) >= 11 is 3.30. The molecule has 0 radical (unpaired) electrons. The van der Waals surface area contributed by atoms with Crippen molar-refractivity contribution in [1.29, 1.82) is 0 Å². The molecule has 2 heterocycles. The molecule has 3 rings (SSSR count). The van der Waals surface area contributed by atoms with Gasteiger partial charge in [0.1, 0.15) is 5.69 Å². The van der Waals surface area contributed by atoms with Crippen molar-refractivity contribution < 1.29 is 9.72 Å². The van der Waals surface area contributed by atoms with Crippen LogP contribution in [0.2, 0.25) is 0 Å². The number of rotatable bonds is 4. The first-order valence-corrected chi connectivity index (χ1v) is 8.35. The van der Waals surface area contributed by atoms with E-state index in [9.17, 15) is 14.9 Å². The predicted molar refractivity (Wildman–Crippen MR) is 87.1 cm³/mol. The van der Waals surface area contributed by atoms with Crippen molar-refractivity contribution in [2.75, 3.05) is 31.1 Å². The number of nitro benzene ring substituents is 1. The fourth-order valence-electron chi connectivity index (χ4n) is 3.27. The van der Waals surface area contributed by atoms with Gasteiger partial charge in [-0.25, -0.2) is 0 Å². The summed E-state index contributed by atoms with van der Waals surface area (Å²) in [6.45, 7) is 3.38. The predicted octanol–water partition coefficient (Wildman–Crippen LogP) is 2.73. The molecule has 0 aromatic heterocycles. The number of amides is 1. The van der Waals surface area contributed by atoms with Gasteiger partial charge >= 0.3 is 0 Å². The molecule has 118 valence electrons. The van der Waals surface area contributed by atoms with Gasteiger partial charge in [-0.2, -0.15) is 0 Å². The number of likely N-dealkylation sites (tertiary alicyclic amines) is 1. The van der Waals surface area contributed by atoms with Gasteiger partial charge < -0.3 is 9.80 Å². The lowest BCUT2D eigenvalue weighted by Gasteiger charge is -2.20. The Bertz CT molecular complexity index is 614. The first kappa shape index (κ1) is 15.4. The molecule has 1 aromatic rings. The highest BCUT2D eigenvalue weighted by Crippen LogP contribution is 2.39. The van der Waals surface area contributed by atoms with Gasteiger partial charge in [-0.1, -0.05) is 15.9 Å². The Morgan fingerprint density at radius 3 is 2.68 bits per heavy atom. The van der Waals surface area contributed by atoms with Crippen molar-refractivity contribution in [3.8, 4) is 0 Å². The Kier molecular flexibility index (Phi) is 4.44. The highest BCUT2D eigenvalue weighted by Gasteiger charge is 2.32. The summed E-state index contributed by atoms with van der Waals surface area (Å²) in [6, 6.07) is 3.35. The minimum absolute atomic E-state index is 0.0106. The van der Waals surface area contributed by atoms with Crippen LogP contribution < -0.4 is 4.90 Å². The number of benzene rings is 1. The number of fused-ring (bicyclic) bond motifs is 1. The van der Waals surface area contributed by atoms with E-state index < -0.39 is 4.92 Å². The molecule has 1 amide bonds. The van der Waals surface area contributed by atoms with Crippen LogP contribution in [0.4, 0.5) is 11.4 Å². The minimum Gasteiger partial charge on any atom is -0.306 e. The molecule has 0 spiro atoms. The third kappa shape index (κ3) is 3.01. The van der Waals surface area contributed by atoms with E-state index in [4.69, 9.17) is 0 Å². The normalized spacial score (nSPS) is 17.8. The first-order valence-electron chi connectivity index (χ1n) is 7.56. The molecule has 0 N–H and O–H groups in total. The van der Waals surface area contributed by atoms with E-state index in [1.54, 1.807) is 4.90 Å². The number of carbonyl (C=O) groups is 1. The van der Waals surface area contributed by atoms with Crippen LogP contribution in [-0.4, -0.2) is 41.9 Å². The van der Waals surface area contributed by atoms with E-state index in [0.717, 1.165) is 25.2 Å². The Morgan fingerprint density at radius 2 is 2.00 bits per heavy atom. The van der Waals surface area contributed by atoms with Crippen molar-refractivity contribution in [1.82, 2.24) is 4.90 Å². The monoisotopic (exact) mass is 367 g/mol. The van der Waals surface area contributed by atoms with Crippen LogP contribution >= 0.6 is 15.9 Å². The lowest BCUT2D eigenvalue weighted by molar-refractivity contribution is -0.384. The second-order valence-corrected chi connectivity index (χ2v) is 6.70. The molecule has 0 saturated carbocycles. The van der Waals surface area contributed by atoms with E-state index >= 15 is 0 Å². The first-order chi connectivity index (χ1) is 10.6. The summed E-state index contributed by atoms with van der Waals surface area (Å²) in [5, 5.41) is 11.3. The van der Waals surface area contributed by atoms with E-state index in [1.165, 1.54) is 18.9 Å². The summed E-state index contributed by atoms with van der Waals surface area (Å²) in [6.07, 6.45) is 3.48. The smallest absolute Gasteiger partial charge is 0.294 e. The molecule has 22 heavy (non-hydrogen) atoms. The molecule has 6 nitrogen and oxygen atoms in total. The number of carbonyl (C=O) groups excluding carboxylic acids is 1. The molecule has 2 aliphatic rings. The van der Waals surface area contributed by atoms with Crippen LogP contribution in [0.1, 0.15) is 24.8 Å². The molecule has 0 aliphatic carbocycles. The fraction of sp³-hybridized carbons (Fsp3) is 0.533. The van der Waals surface area contributed by atoms with Crippen LogP contribution in [0.5, 0.6) is 0 Å². The van der Waals surface area contributed by atoms with E-state index in [0.29, 0.717) is 29.5 Å². The highest BCUT2D eigenvalue weighted by molar-refractivity contribution is 9.10. The second-order valence-electron chi connectivity index (χ2n) is 5.78. The van der Waals surface area contributed by atoms with Gasteiger partial charge in [-0.05, 0) is 44.0 Å². The van der Waals surface area contributed by atoms with E-state index in [2.05, 4.69) is 20.8 Å². The van der Waals surface area contributed by atoms with Crippen LogP contribution in [0, 0.1) is 10.1 Å². The Balaban J connectivity index is 1.77. The number of nitro groups is 1. The number of nitrogens with zero attached hydrogens (tertiary/aromatic N) is 3. The van der Waals surface area contributed by atoms with Crippen LogP contribution in [0.3, 0.4) is 0 Å². The van der Waals surface area contributed by atoms with Gasteiger partial charge in [-0.15, -0.1) is 0 Å². The lowest BCUT2D eigenvalue weighted by atomic mass is 10.1. The van der Waals surface area contributed by atoms with E-state index in [1.807, 2.05) is 6.07 Å². The number of hydrogen-bond acceptors (Lipinski definition) is 4. The molecule has 7 heteroatoms. The van der Waals surface area contributed by atoms with Crippen molar-refractivity contribution in [3.63, 3.8) is 0 Å². The van der Waals surface area contributed by atoms with Crippen molar-refractivity contribution in [2.24, 2.45) is 0 Å². The van der Waals surface area contributed by atoms with Gasteiger partial charge in [0.05, 0.1) is 4.92 Å². The van der Waals surface area contributed by atoms with Crippen LogP contribution in [0.25, 0.3) is 0 Å². The maximum absolute atomic E-state index is 12.5. The van der Waals surface area contributed by atoms with Gasteiger partial charge in [0.25, 0.3) is 5.69 Å². The van der Waals surface area contributed by atoms with Gasteiger partial charge in [0.2, 0.25) is 5.91 Å². The molecule has 0 unspecified atom stereocenters. The van der Waals surface area contributed by atoms with Crippen LogP contribution in [0.15, 0.2) is 16.6 Å². The van der Waals surface area contributed by atoms with E-state index in [-0.39, 0.29) is 11.6 Å². The topological polar surface area (TPSA) is 66.7 Å². The van der Waals surface area contributed by atoms with Crippen LogP contribution in [-0.2, 0) is 11.2 Å². The van der Waals surface area contributed by atoms with Crippen molar-refractivity contribution >= 4 is 33.2 Å². The van der Waals surface area contributed by atoms with Gasteiger partial charge in [-0.3, -0.25) is 14.9 Å². The molecule has 0 bridgehead atoms. The maximum atomic E-state index is 12.5. The average molecular weight is 368 g/mol. The second kappa shape index (κ2) is 6.34. The molecule has 2 aliphatic heterocycles. The van der Waals surface area contributed by atoms with Gasteiger partial charge in [0, 0.05) is 30.0 Å². The third-order valence-electron chi connectivity index (χ3n) is 4.35. The SMILES string of the molecule is O=C(CCN1CCCC1)N1CCc2cc(Br)cc([N+](=O)[O-])c21. The highest BCUT2D eigenvalue weighted by atomic mass is 79.9. The standard InChI is InChI=1S/C15H18BrN3O3/c16-12-9-11-3-8-18(15(11)13(10-12)19(21)22)14(20)4-7-17-5-1-2-6-17/h9-10H,1-8H2. The zero-order valence-electron chi connectivity index (χ0n) is 12.3. The van der Waals surface area contributed by atoms with Crippen molar-refractivity contribution in [3.05, 3.63) is 32.3 Å². The Hall–Kier alpha value is -1.47. The Morgan fingerprint density at radius 1 is 1.27 bits per heavy atom. The Labute approximate surface area is 137 Å². The molecule has 1 fully saturated rings. The summed E-state index contributed by atoms with van der Waals surface area (Å²) in [4.78, 5) is 27.2. The summed E-state index contributed by atoms with van der Waals surface area (Å²) in [5.41, 5.74) is 1.37. The molecule has 0 atom stereocenters. The summed E-state index contributed by atoms with van der Waals surface area (Å²) in [5.74, 6) is -0.0175. The number of anilines is 1. The quantitative estimate of drug-likeness (QED) is 0.606. The minimum atomic E-state index is -0.407. The zero-order valence-corrected chi connectivity index (χ0v) is 13.8. The molecule has 1 aromatic carbocycles. The molecular formula is C15H18BrN3O3. The van der Waals surface area contributed by atoms with Crippen molar-refractivity contribution in [2.45, 2.75) is 25.7 Å². The summed E-state index contributed by atoms with van der Waals surface area (Å²) in [7, 11) is 0. The number of hydrogen-bond donors (Lipinski definition) is 0. The zero-order chi connectivity index (χ0) is 15.7. The summed E-state index contributed by atoms with van der Waals surface area (Å²) < 4.78 is 0.685. The average Bonchev–Trinajstić information content (AvgIpc) is 3.12. The lowest BCUT2D eigenvalue weighted by Crippen LogP contribution is -2.33. The molecular weight excluding hydrogens is 350 g/mol. The number of halogens is 1. The molecule has 1 saturated heterocycles. The largest absolute Gasteiger partial charge is 0.306 e. The van der Waals surface area contributed by atoms with Gasteiger partial charge in [0.15, 0.2) is 0 Å². The maximum Gasteiger partial charge on any atom is 0.294 e.